The maximum absolute atomic E-state index is 12.3. The minimum absolute atomic E-state index is 0.185. The van der Waals surface area contributed by atoms with Crippen molar-refractivity contribution in [3.63, 3.8) is 0 Å². The second-order valence-electron chi connectivity index (χ2n) is 6.27. The Morgan fingerprint density at radius 2 is 1.09 bits per heavy atom. The molecule has 0 fully saturated rings. The fourth-order valence-electron chi connectivity index (χ4n) is 2.75. The van der Waals surface area contributed by atoms with Crippen molar-refractivity contribution in [1.82, 2.24) is 0 Å². The predicted octanol–water partition coefficient (Wildman–Crippen LogP) is 8.11. The molecule has 0 bridgehead atoms. The van der Waals surface area contributed by atoms with E-state index in [4.69, 9.17) is 0 Å². The van der Waals surface area contributed by atoms with Crippen LogP contribution in [0, 0.1) is 0 Å². The average molecular weight is 341 g/mol. The van der Waals surface area contributed by atoms with Crippen molar-refractivity contribution in [1.29, 1.82) is 0 Å². The zero-order valence-corrected chi connectivity index (χ0v) is 15.3. The lowest BCUT2D eigenvalue weighted by Crippen LogP contribution is -2.11. The van der Waals surface area contributed by atoms with Crippen LogP contribution >= 0.6 is 11.8 Å². The van der Waals surface area contributed by atoms with Gasteiger partial charge in [-0.25, -0.2) is 0 Å². The van der Waals surface area contributed by atoms with Gasteiger partial charge in [0, 0.05) is 5.25 Å². The van der Waals surface area contributed by atoms with Gasteiger partial charge in [0.05, 0.1) is 0 Å². The van der Waals surface area contributed by atoms with Crippen LogP contribution in [-0.2, 0) is 0 Å². The van der Waals surface area contributed by atoms with Crippen molar-refractivity contribution in [3.8, 4) is 0 Å². The van der Waals surface area contributed by atoms with E-state index in [1.54, 1.807) is 0 Å². The van der Waals surface area contributed by atoms with E-state index in [1.807, 2.05) is 6.92 Å². The summed E-state index contributed by atoms with van der Waals surface area (Å²) in [5, 5.41) is -0.247. The van der Waals surface area contributed by atoms with Crippen LogP contribution in [0.15, 0.2) is 0 Å². The highest BCUT2D eigenvalue weighted by atomic mass is 32.2. The van der Waals surface area contributed by atoms with Gasteiger partial charge in [-0.1, -0.05) is 90.9 Å². The van der Waals surface area contributed by atoms with Gasteiger partial charge in [-0.3, -0.25) is 0 Å². The van der Waals surface area contributed by atoms with Crippen molar-refractivity contribution >= 4 is 11.8 Å². The molecule has 0 spiro atoms. The van der Waals surface area contributed by atoms with Crippen LogP contribution in [0.4, 0.5) is 13.2 Å². The molecule has 0 heterocycles. The Bertz CT molecular complexity index is 229. The molecule has 0 radical (unpaired) electrons. The van der Waals surface area contributed by atoms with Gasteiger partial charge in [-0.2, -0.15) is 13.2 Å². The van der Waals surface area contributed by atoms with Crippen LogP contribution in [0.25, 0.3) is 0 Å². The topological polar surface area (TPSA) is 0 Å². The number of alkyl halides is 3. The Kier molecular flexibility index (Phi) is 14.8. The summed E-state index contributed by atoms with van der Waals surface area (Å²) in [6, 6.07) is 0. The molecule has 0 aromatic heterocycles. The molecule has 0 saturated carbocycles. The molecule has 0 aliphatic heterocycles. The molecular formula is C18H35F3S. The van der Waals surface area contributed by atoms with E-state index in [-0.39, 0.29) is 17.0 Å². The van der Waals surface area contributed by atoms with Gasteiger partial charge in [0.25, 0.3) is 0 Å². The maximum atomic E-state index is 12.3. The third-order valence-corrected chi connectivity index (χ3v) is 5.30. The quantitative estimate of drug-likeness (QED) is 0.271. The summed E-state index contributed by atoms with van der Waals surface area (Å²) in [6.07, 6.45) is 16.6. The van der Waals surface area contributed by atoms with Crippen molar-refractivity contribution in [2.24, 2.45) is 0 Å². The highest BCUT2D eigenvalue weighted by Gasteiger charge is 2.31. The minimum Gasteiger partial charge on any atom is -0.160 e. The van der Waals surface area contributed by atoms with Crippen LogP contribution < -0.4 is 0 Å². The molecular weight excluding hydrogens is 305 g/mol. The second kappa shape index (κ2) is 14.7. The molecule has 4 heteroatoms. The molecule has 0 aromatic rings. The summed E-state index contributed by atoms with van der Waals surface area (Å²) in [7, 11) is 0. The maximum Gasteiger partial charge on any atom is 0.442 e. The van der Waals surface area contributed by atoms with E-state index < -0.39 is 5.51 Å². The van der Waals surface area contributed by atoms with Gasteiger partial charge >= 0.3 is 5.51 Å². The normalized spacial score (nSPS) is 13.5. The molecule has 0 N–H and O–H groups in total. The molecule has 1 unspecified atom stereocenters. The van der Waals surface area contributed by atoms with E-state index in [1.165, 1.54) is 64.2 Å². The predicted molar refractivity (Wildman–Crippen MR) is 93.4 cm³/mol. The highest BCUT2D eigenvalue weighted by molar-refractivity contribution is 8.00. The number of thioether (sulfide) groups is 1. The number of hydrogen-bond donors (Lipinski definition) is 0. The third-order valence-electron chi connectivity index (χ3n) is 4.14. The van der Waals surface area contributed by atoms with E-state index >= 15 is 0 Å². The van der Waals surface area contributed by atoms with Crippen LogP contribution in [0.3, 0.4) is 0 Å². The fourth-order valence-corrected chi connectivity index (χ4v) is 3.58. The molecule has 22 heavy (non-hydrogen) atoms. The molecule has 0 amide bonds. The van der Waals surface area contributed by atoms with Crippen molar-refractivity contribution < 1.29 is 13.2 Å². The highest BCUT2D eigenvalue weighted by Crippen LogP contribution is 2.37. The lowest BCUT2D eigenvalue weighted by molar-refractivity contribution is -0.0334. The minimum atomic E-state index is -4.07. The number of hydrogen-bond acceptors (Lipinski definition) is 1. The SMILES string of the molecule is CCCCCCCCCCCCCCC(CC)SC(F)(F)F. The third kappa shape index (κ3) is 16.5. The first kappa shape index (κ1) is 22.1. The lowest BCUT2D eigenvalue weighted by atomic mass is 10.0. The monoisotopic (exact) mass is 340 g/mol. The summed E-state index contributed by atoms with van der Waals surface area (Å²) in [6.45, 7) is 4.09. The Morgan fingerprint density at radius 3 is 1.45 bits per heavy atom. The summed E-state index contributed by atoms with van der Waals surface area (Å²) in [5.74, 6) is 0. The zero-order chi connectivity index (χ0) is 16.7. The largest absolute Gasteiger partial charge is 0.442 e. The second-order valence-corrected chi connectivity index (χ2v) is 7.64. The van der Waals surface area contributed by atoms with Crippen molar-refractivity contribution in [2.75, 3.05) is 0 Å². The van der Waals surface area contributed by atoms with Gasteiger partial charge in [-0.05, 0) is 24.6 Å². The van der Waals surface area contributed by atoms with Crippen molar-refractivity contribution in [2.45, 2.75) is 114 Å². The van der Waals surface area contributed by atoms with Crippen molar-refractivity contribution in [3.05, 3.63) is 0 Å². The first-order valence-electron chi connectivity index (χ1n) is 9.24. The average Bonchev–Trinajstić information content (AvgIpc) is 2.46. The van der Waals surface area contributed by atoms with Gasteiger partial charge in [0.2, 0.25) is 0 Å². The molecule has 1 atom stereocenters. The van der Waals surface area contributed by atoms with Gasteiger partial charge in [-0.15, -0.1) is 0 Å². The number of rotatable bonds is 15. The zero-order valence-electron chi connectivity index (χ0n) is 14.5. The first-order chi connectivity index (χ1) is 10.5. The summed E-state index contributed by atoms with van der Waals surface area (Å²) < 4.78 is 36.9. The van der Waals surface area contributed by atoms with Crippen LogP contribution in [0.5, 0.6) is 0 Å². The summed E-state index contributed by atoms with van der Waals surface area (Å²) in [5.41, 5.74) is -4.07. The number of unbranched alkanes of at least 4 members (excludes halogenated alkanes) is 11. The molecule has 134 valence electrons. The summed E-state index contributed by atoms with van der Waals surface area (Å²) >= 11 is 0.185. The molecule has 0 aromatic carbocycles. The van der Waals surface area contributed by atoms with Crippen LogP contribution in [-0.4, -0.2) is 10.8 Å². The standard InChI is InChI=1S/C18H35F3S/c1-3-5-6-7-8-9-10-11-12-13-14-15-16-17(4-2)22-18(19,20)21/h17H,3-16H2,1-2H3. The fraction of sp³-hybridized carbons (Fsp3) is 1.00. The Hall–Kier alpha value is 0.140. The van der Waals surface area contributed by atoms with E-state index in [0.29, 0.717) is 12.8 Å². The molecule has 0 nitrogen and oxygen atoms in total. The Morgan fingerprint density at radius 1 is 0.682 bits per heavy atom. The van der Waals surface area contributed by atoms with Crippen LogP contribution in [0.1, 0.15) is 104 Å². The molecule has 0 saturated heterocycles. The van der Waals surface area contributed by atoms with Crippen LogP contribution in [0.2, 0.25) is 0 Å². The Labute approximate surface area is 140 Å². The summed E-state index contributed by atoms with van der Waals surface area (Å²) in [4.78, 5) is 0. The van der Waals surface area contributed by atoms with Gasteiger partial charge in [0.1, 0.15) is 0 Å². The van der Waals surface area contributed by atoms with E-state index in [9.17, 15) is 13.2 Å². The van der Waals surface area contributed by atoms with E-state index in [0.717, 1.165) is 12.8 Å². The Balaban J connectivity index is 3.28. The molecule has 0 aliphatic rings. The first-order valence-corrected chi connectivity index (χ1v) is 10.1. The molecule has 0 rings (SSSR count). The smallest absolute Gasteiger partial charge is 0.160 e. The van der Waals surface area contributed by atoms with E-state index in [2.05, 4.69) is 6.92 Å². The number of halogens is 3. The lowest BCUT2D eigenvalue weighted by Gasteiger charge is -2.15. The van der Waals surface area contributed by atoms with Gasteiger partial charge in [0.15, 0.2) is 0 Å². The van der Waals surface area contributed by atoms with Gasteiger partial charge < -0.3 is 0 Å². The molecule has 0 aliphatic carbocycles.